The zero-order valence-electron chi connectivity index (χ0n) is 13.8. The lowest BCUT2D eigenvalue weighted by Gasteiger charge is -2.41. The van der Waals surface area contributed by atoms with E-state index in [0.29, 0.717) is 0 Å². The highest BCUT2D eigenvalue weighted by molar-refractivity contribution is 5.46. The minimum atomic E-state index is -1.51. The Hall–Kier alpha value is -0.890. The fraction of sp³-hybridized carbons (Fsp3) is 0.929. The molecule has 0 spiro atoms. The predicted octanol–water partition coefficient (Wildman–Crippen LogP) is -3.69. The lowest BCUT2D eigenvalue weighted by atomic mass is 9.97. The van der Waals surface area contributed by atoms with E-state index in [1.807, 2.05) is 0 Å². The Morgan fingerprint density at radius 1 is 0.920 bits per heavy atom. The SMILES string of the molecule is COC=NC1C(O)OC(COC2OC(C)C(O)C(O)C2O)C(O)C1O. The van der Waals surface area contributed by atoms with Crippen molar-refractivity contribution in [3.63, 3.8) is 0 Å². The summed E-state index contributed by atoms with van der Waals surface area (Å²) in [6, 6.07) is -1.14. The van der Waals surface area contributed by atoms with Crippen LogP contribution < -0.4 is 0 Å². The lowest BCUT2D eigenvalue weighted by molar-refractivity contribution is -0.312. The van der Waals surface area contributed by atoms with E-state index in [9.17, 15) is 30.6 Å². The molecule has 0 bridgehead atoms. The van der Waals surface area contributed by atoms with Crippen LogP contribution in [-0.2, 0) is 18.9 Å². The van der Waals surface area contributed by atoms with Crippen LogP contribution in [0.1, 0.15) is 6.92 Å². The van der Waals surface area contributed by atoms with Gasteiger partial charge < -0.3 is 49.6 Å². The molecular formula is C14H25NO10. The van der Waals surface area contributed by atoms with Crippen LogP contribution in [0.2, 0.25) is 0 Å². The molecule has 2 aliphatic heterocycles. The van der Waals surface area contributed by atoms with Gasteiger partial charge in [0, 0.05) is 0 Å². The van der Waals surface area contributed by atoms with E-state index in [1.54, 1.807) is 0 Å². The molecule has 0 aliphatic carbocycles. The average Bonchev–Trinajstić information content (AvgIpc) is 2.59. The number of nitrogens with zero attached hydrogens (tertiary/aromatic N) is 1. The summed E-state index contributed by atoms with van der Waals surface area (Å²) in [5, 5.41) is 59.2. The number of aliphatic imine (C=N–C) groups is 1. The summed E-state index contributed by atoms with van der Waals surface area (Å²) in [5.74, 6) is 0. The molecule has 2 rings (SSSR count). The maximum atomic E-state index is 10.1. The molecule has 11 nitrogen and oxygen atoms in total. The molecule has 0 aromatic heterocycles. The number of methoxy groups -OCH3 is 1. The second kappa shape index (κ2) is 8.66. The second-order valence-electron chi connectivity index (χ2n) is 6.04. The molecule has 0 aromatic rings. The fourth-order valence-corrected chi connectivity index (χ4v) is 2.70. The smallest absolute Gasteiger partial charge is 0.186 e. The van der Waals surface area contributed by atoms with Gasteiger partial charge in [0.1, 0.15) is 42.7 Å². The summed E-state index contributed by atoms with van der Waals surface area (Å²) in [5.41, 5.74) is 0. The number of aliphatic hydroxyl groups excluding tert-OH is 6. The van der Waals surface area contributed by atoms with Gasteiger partial charge in [0.2, 0.25) is 0 Å². The molecule has 25 heavy (non-hydrogen) atoms. The first-order valence-electron chi connectivity index (χ1n) is 7.83. The van der Waals surface area contributed by atoms with Crippen LogP contribution in [0.25, 0.3) is 0 Å². The van der Waals surface area contributed by atoms with Crippen LogP contribution >= 0.6 is 0 Å². The zero-order chi connectivity index (χ0) is 18.7. The molecule has 0 aromatic carbocycles. The summed E-state index contributed by atoms with van der Waals surface area (Å²) in [6.45, 7) is 1.14. The molecule has 10 unspecified atom stereocenters. The minimum absolute atomic E-state index is 0.354. The lowest BCUT2D eigenvalue weighted by Crippen LogP contribution is -2.60. The van der Waals surface area contributed by atoms with Crippen molar-refractivity contribution < 1.29 is 49.6 Å². The topological polar surface area (TPSA) is 171 Å². The zero-order valence-corrected chi connectivity index (χ0v) is 13.8. The molecule has 6 N–H and O–H groups in total. The molecule has 10 atom stereocenters. The Balaban J connectivity index is 1.94. The van der Waals surface area contributed by atoms with Crippen molar-refractivity contribution >= 4 is 6.40 Å². The molecule has 2 aliphatic rings. The van der Waals surface area contributed by atoms with Crippen molar-refractivity contribution in [1.82, 2.24) is 0 Å². The van der Waals surface area contributed by atoms with Gasteiger partial charge in [-0.05, 0) is 6.92 Å². The number of aliphatic hydroxyl groups is 6. The van der Waals surface area contributed by atoms with Gasteiger partial charge in [-0.3, -0.25) is 0 Å². The van der Waals surface area contributed by atoms with Gasteiger partial charge in [-0.2, -0.15) is 0 Å². The summed E-state index contributed by atoms with van der Waals surface area (Å²) in [4.78, 5) is 3.74. The molecule has 0 saturated carbocycles. The highest BCUT2D eigenvalue weighted by atomic mass is 16.7. The van der Waals surface area contributed by atoms with Crippen LogP contribution in [0, 0.1) is 0 Å². The average molecular weight is 367 g/mol. The Bertz CT molecular complexity index is 451. The monoisotopic (exact) mass is 367 g/mol. The third kappa shape index (κ3) is 4.45. The van der Waals surface area contributed by atoms with Gasteiger partial charge in [0.25, 0.3) is 0 Å². The maximum Gasteiger partial charge on any atom is 0.186 e. The number of hydrogen-bond acceptors (Lipinski definition) is 11. The standard InChI is InChI=1S/C14H25NO10/c1-5-8(16)11(19)12(20)14(24-5)23-3-6-9(17)10(18)7(13(21)25-6)15-4-22-2/h4-14,16-21H,3H2,1-2H3. The second-order valence-corrected chi connectivity index (χ2v) is 6.04. The van der Waals surface area contributed by atoms with Crippen molar-refractivity contribution in [3.8, 4) is 0 Å². The van der Waals surface area contributed by atoms with E-state index < -0.39 is 61.3 Å². The van der Waals surface area contributed by atoms with Crippen LogP contribution in [0.4, 0.5) is 0 Å². The summed E-state index contributed by atoms with van der Waals surface area (Å²) >= 11 is 0. The van der Waals surface area contributed by atoms with Crippen molar-refractivity contribution in [2.45, 2.75) is 68.3 Å². The van der Waals surface area contributed by atoms with Crippen LogP contribution in [0.5, 0.6) is 0 Å². The highest BCUT2D eigenvalue weighted by Gasteiger charge is 2.46. The molecule has 2 saturated heterocycles. The number of ether oxygens (including phenoxy) is 4. The molecule has 2 fully saturated rings. The van der Waals surface area contributed by atoms with Gasteiger partial charge in [-0.25, -0.2) is 4.99 Å². The summed E-state index contributed by atoms with van der Waals surface area (Å²) in [6.07, 6.45) is -10.8. The Morgan fingerprint density at radius 3 is 2.24 bits per heavy atom. The van der Waals surface area contributed by atoms with Crippen LogP contribution in [0.3, 0.4) is 0 Å². The van der Waals surface area contributed by atoms with E-state index in [4.69, 9.17) is 14.2 Å². The van der Waals surface area contributed by atoms with E-state index >= 15 is 0 Å². The van der Waals surface area contributed by atoms with Crippen molar-refractivity contribution in [2.24, 2.45) is 4.99 Å². The molecule has 2 heterocycles. The summed E-state index contributed by atoms with van der Waals surface area (Å²) < 4.78 is 20.3. The first-order chi connectivity index (χ1) is 11.8. The Kier molecular flexibility index (Phi) is 7.08. The largest absolute Gasteiger partial charge is 0.487 e. The van der Waals surface area contributed by atoms with Crippen LogP contribution in [-0.4, -0.2) is 112 Å². The maximum absolute atomic E-state index is 10.1. The van der Waals surface area contributed by atoms with E-state index in [0.717, 1.165) is 6.40 Å². The number of rotatable bonds is 5. The molecular weight excluding hydrogens is 342 g/mol. The van der Waals surface area contributed by atoms with Crippen LogP contribution in [0.15, 0.2) is 4.99 Å². The number of hydrogen-bond donors (Lipinski definition) is 6. The molecule has 11 heteroatoms. The van der Waals surface area contributed by atoms with Crippen molar-refractivity contribution in [3.05, 3.63) is 0 Å². The fourth-order valence-electron chi connectivity index (χ4n) is 2.70. The minimum Gasteiger partial charge on any atom is -0.487 e. The van der Waals surface area contributed by atoms with Crippen molar-refractivity contribution in [1.29, 1.82) is 0 Å². The van der Waals surface area contributed by atoms with Crippen molar-refractivity contribution in [2.75, 3.05) is 13.7 Å². The van der Waals surface area contributed by atoms with Gasteiger partial charge in [0.15, 0.2) is 19.0 Å². The van der Waals surface area contributed by atoms with Gasteiger partial charge >= 0.3 is 0 Å². The molecule has 0 radical (unpaired) electrons. The Morgan fingerprint density at radius 2 is 1.60 bits per heavy atom. The highest BCUT2D eigenvalue weighted by Crippen LogP contribution is 2.25. The Labute approximate surface area is 144 Å². The normalized spacial score (nSPS) is 48.6. The quantitative estimate of drug-likeness (QED) is 0.210. The van der Waals surface area contributed by atoms with E-state index in [2.05, 4.69) is 9.73 Å². The summed E-state index contributed by atoms with van der Waals surface area (Å²) in [7, 11) is 1.33. The third-order valence-electron chi connectivity index (χ3n) is 4.26. The van der Waals surface area contributed by atoms with Gasteiger partial charge in [0.05, 0.1) is 19.8 Å². The molecule has 0 amide bonds. The van der Waals surface area contributed by atoms with E-state index in [-0.39, 0.29) is 6.61 Å². The first-order valence-corrected chi connectivity index (χ1v) is 7.83. The van der Waals surface area contributed by atoms with E-state index in [1.165, 1.54) is 14.0 Å². The predicted molar refractivity (Wildman–Crippen MR) is 80.5 cm³/mol. The first kappa shape index (κ1) is 20.4. The van der Waals surface area contributed by atoms with Gasteiger partial charge in [-0.1, -0.05) is 0 Å². The molecule has 146 valence electrons. The van der Waals surface area contributed by atoms with Gasteiger partial charge in [-0.15, -0.1) is 0 Å². The third-order valence-corrected chi connectivity index (χ3v) is 4.26.